The van der Waals surface area contributed by atoms with E-state index in [1.54, 1.807) is 31.2 Å². The molecule has 5 heteroatoms. The van der Waals surface area contributed by atoms with Crippen LogP contribution < -0.4 is 5.32 Å². The molecule has 2 atom stereocenters. The molecule has 0 spiro atoms. The molecule has 0 saturated heterocycles. The van der Waals surface area contributed by atoms with E-state index >= 15 is 0 Å². The summed E-state index contributed by atoms with van der Waals surface area (Å²) in [5, 5.41) is 14.0. The van der Waals surface area contributed by atoms with Gasteiger partial charge in [-0.25, -0.2) is 4.39 Å². The van der Waals surface area contributed by atoms with E-state index in [1.807, 2.05) is 25.1 Å². The number of halogens is 3. The highest BCUT2D eigenvalue weighted by Crippen LogP contribution is 2.17. The summed E-state index contributed by atoms with van der Waals surface area (Å²) < 4.78 is 13.5. The fourth-order valence-electron chi connectivity index (χ4n) is 2.33. The van der Waals surface area contributed by atoms with E-state index < -0.39 is 6.10 Å². The van der Waals surface area contributed by atoms with E-state index in [1.165, 1.54) is 0 Å². The first-order chi connectivity index (χ1) is 10.5. The predicted octanol–water partition coefficient (Wildman–Crippen LogP) is 4.46. The van der Waals surface area contributed by atoms with Gasteiger partial charge in [-0.1, -0.05) is 35.9 Å². The molecule has 0 aliphatic carbocycles. The maximum atomic E-state index is 13.5. The third-order valence-corrected chi connectivity index (χ3v) is 3.91. The molecule has 2 unspecified atom stereocenters. The third kappa shape index (κ3) is 6.11. The van der Waals surface area contributed by atoms with Crippen LogP contribution in [0.5, 0.6) is 0 Å². The van der Waals surface area contributed by atoms with Crippen molar-refractivity contribution in [1.82, 2.24) is 5.32 Å². The highest BCUT2D eigenvalue weighted by Gasteiger charge is 2.11. The third-order valence-electron chi connectivity index (χ3n) is 3.67. The van der Waals surface area contributed by atoms with Gasteiger partial charge in [0.25, 0.3) is 0 Å². The van der Waals surface area contributed by atoms with Crippen LogP contribution in [-0.2, 0) is 6.42 Å². The van der Waals surface area contributed by atoms with Crippen molar-refractivity contribution in [3.05, 3.63) is 70.0 Å². The van der Waals surface area contributed by atoms with Crippen LogP contribution >= 0.6 is 24.0 Å². The summed E-state index contributed by atoms with van der Waals surface area (Å²) in [5.74, 6) is -0.177. The maximum Gasteiger partial charge on any atom is 0.126 e. The lowest BCUT2D eigenvalue weighted by Crippen LogP contribution is -2.32. The molecule has 126 valence electrons. The lowest BCUT2D eigenvalue weighted by atomic mass is 10.0. The molecule has 2 aromatic rings. The van der Waals surface area contributed by atoms with Crippen molar-refractivity contribution in [1.29, 1.82) is 0 Å². The largest absolute Gasteiger partial charge is 0.387 e. The number of hydrogen-bond acceptors (Lipinski definition) is 2. The summed E-state index contributed by atoms with van der Waals surface area (Å²) in [7, 11) is 0. The van der Waals surface area contributed by atoms with Gasteiger partial charge in [0.2, 0.25) is 0 Å². The molecule has 0 amide bonds. The second-order valence-electron chi connectivity index (χ2n) is 5.67. The summed E-state index contributed by atoms with van der Waals surface area (Å²) in [6.45, 7) is 4.19. The van der Waals surface area contributed by atoms with Crippen LogP contribution in [0.15, 0.2) is 42.5 Å². The van der Waals surface area contributed by atoms with Gasteiger partial charge in [0, 0.05) is 17.6 Å². The first-order valence-electron chi connectivity index (χ1n) is 7.37. The zero-order valence-corrected chi connectivity index (χ0v) is 14.8. The summed E-state index contributed by atoms with van der Waals surface area (Å²) in [6.07, 6.45) is 0.0929. The molecule has 0 radical (unpaired) electrons. The van der Waals surface area contributed by atoms with Gasteiger partial charge in [0.1, 0.15) is 5.82 Å². The molecule has 0 fully saturated rings. The molecule has 23 heavy (non-hydrogen) atoms. The molecule has 0 aliphatic heterocycles. The van der Waals surface area contributed by atoms with Gasteiger partial charge in [-0.05, 0) is 55.2 Å². The van der Waals surface area contributed by atoms with Crippen LogP contribution in [0.3, 0.4) is 0 Å². The Hall–Kier alpha value is -1.13. The first-order valence-corrected chi connectivity index (χ1v) is 7.75. The Morgan fingerprint density at radius 3 is 2.61 bits per heavy atom. The second-order valence-corrected chi connectivity index (χ2v) is 6.10. The number of aryl methyl sites for hydroxylation is 1. The lowest BCUT2D eigenvalue weighted by Gasteiger charge is -2.18. The first kappa shape index (κ1) is 19.9. The molecule has 0 aliphatic rings. The number of benzene rings is 2. The summed E-state index contributed by atoms with van der Waals surface area (Å²) >= 11 is 5.92. The van der Waals surface area contributed by atoms with Crippen LogP contribution in [0, 0.1) is 12.7 Å². The summed E-state index contributed by atoms with van der Waals surface area (Å²) in [6, 6.07) is 12.6. The smallest absolute Gasteiger partial charge is 0.126 e. The molecule has 2 N–H and O–H groups in total. The number of hydrogen-bond donors (Lipinski definition) is 2. The normalized spacial score (nSPS) is 13.3. The van der Waals surface area contributed by atoms with Gasteiger partial charge in [0.15, 0.2) is 0 Å². The van der Waals surface area contributed by atoms with E-state index in [0.29, 0.717) is 23.6 Å². The van der Waals surface area contributed by atoms with Gasteiger partial charge in [0.05, 0.1) is 6.10 Å². The van der Waals surface area contributed by atoms with Gasteiger partial charge < -0.3 is 10.4 Å². The summed E-state index contributed by atoms with van der Waals surface area (Å²) in [4.78, 5) is 0. The maximum absolute atomic E-state index is 13.5. The Morgan fingerprint density at radius 1 is 1.22 bits per heavy atom. The molecule has 2 rings (SSSR count). The monoisotopic (exact) mass is 357 g/mol. The van der Waals surface area contributed by atoms with E-state index in [0.717, 1.165) is 11.1 Å². The zero-order chi connectivity index (χ0) is 16.1. The van der Waals surface area contributed by atoms with Crippen LogP contribution in [-0.4, -0.2) is 17.7 Å². The number of aliphatic hydroxyl groups excluding tert-OH is 1. The van der Waals surface area contributed by atoms with Crippen LogP contribution in [0.4, 0.5) is 4.39 Å². The highest BCUT2D eigenvalue weighted by molar-refractivity contribution is 6.30. The standard InChI is InChI=1S/C18H21ClFNO.ClH/c1-12-6-7-14(9-17(12)20)8-13(2)21-11-18(22)15-4-3-5-16(19)10-15;/h3-7,9-10,13,18,21-22H,8,11H2,1-2H3;1H. The SMILES string of the molecule is Cc1ccc(CC(C)NCC(O)c2cccc(Cl)c2)cc1F.Cl. The molecule has 0 heterocycles. The minimum atomic E-state index is -0.615. The van der Waals surface area contributed by atoms with Gasteiger partial charge in [-0.3, -0.25) is 0 Å². The Balaban J connectivity index is 0.00000264. The van der Waals surface area contributed by atoms with Gasteiger partial charge >= 0.3 is 0 Å². The van der Waals surface area contributed by atoms with E-state index in [9.17, 15) is 9.50 Å². The number of nitrogens with one attached hydrogen (secondary N) is 1. The predicted molar refractivity (Wildman–Crippen MR) is 96.0 cm³/mol. The second kappa shape index (κ2) is 9.24. The highest BCUT2D eigenvalue weighted by atomic mass is 35.5. The average molecular weight is 358 g/mol. The molecular weight excluding hydrogens is 336 g/mol. The Bertz CT molecular complexity index is 636. The molecule has 0 saturated carbocycles. The number of rotatable bonds is 6. The Morgan fingerprint density at radius 2 is 1.96 bits per heavy atom. The van der Waals surface area contributed by atoms with Crippen LogP contribution in [0.1, 0.15) is 29.7 Å². The molecular formula is C18H22Cl2FNO. The molecule has 2 aromatic carbocycles. The topological polar surface area (TPSA) is 32.3 Å². The van der Waals surface area contributed by atoms with E-state index in [2.05, 4.69) is 5.32 Å². The van der Waals surface area contributed by atoms with Crippen LogP contribution in [0.2, 0.25) is 5.02 Å². The van der Waals surface area contributed by atoms with Crippen molar-refractivity contribution in [2.45, 2.75) is 32.4 Å². The molecule has 0 aromatic heterocycles. The Kier molecular flexibility index (Phi) is 8.00. The van der Waals surface area contributed by atoms with Crippen molar-refractivity contribution >= 4 is 24.0 Å². The van der Waals surface area contributed by atoms with Crippen molar-refractivity contribution in [2.24, 2.45) is 0 Å². The molecule has 0 bridgehead atoms. The quantitative estimate of drug-likeness (QED) is 0.799. The van der Waals surface area contributed by atoms with Gasteiger partial charge in [-0.2, -0.15) is 0 Å². The fraction of sp³-hybridized carbons (Fsp3) is 0.333. The summed E-state index contributed by atoms with van der Waals surface area (Å²) in [5.41, 5.74) is 2.38. The van der Waals surface area contributed by atoms with Crippen molar-refractivity contribution in [3.63, 3.8) is 0 Å². The zero-order valence-electron chi connectivity index (χ0n) is 13.2. The van der Waals surface area contributed by atoms with Crippen molar-refractivity contribution in [2.75, 3.05) is 6.54 Å². The van der Waals surface area contributed by atoms with E-state index in [-0.39, 0.29) is 24.3 Å². The average Bonchev–Trinajstić information content (AvgIpc) is 2.48. The van der Waals surface area contributed by atoms with E-state index in [4.69, 9.17) is 11.6 Å². The number of aliphatic hydroxyl groups is 1. The Labute approximate surface area is 148 Å². The van der Waals surface area contributed by atoms with Crippen LogP contribution in [0.25, 0.3) is 0 Å². The molecule has 2 nitrogen and oxygen atoms in total. The van der Waals surface area contributed by atoms with Gasteiger partial charge in [-0.15, -0.1) is 12.4 Å². The fourth-order valence-corrected chi connectivity index (χ4v) is 2.53. The van der Waals surface area contributed by atoms with Crippen molar-refractivity contribution < 1.29 is 9.50 Å². The lowest BCUT2D eigenvalue weighted by molar-refractivity contribution is 0.170. The minimum absolute atomic E-state index is 0. The minimum Gasteiger partial charge on any atom is -0.387 e. The van der Waals surface area contributed by atoms with Crippen molar-refractivity contribution in [3.8, 4) is 0 Å².